The van der Waals surface area contributed by atoms with E-state index in [-0.39, 0.29) is 86.7 Å². The summed E-state index contributed by atoms with van der Waals surface area (Å²) in [5.41, 5.74) is 4.77. The van der Waals surface area contributed by atoms with E-state index >= 15 is 38.4 Å². The molecule has 0 radical (unpaired) electrons. The summed E-state index contributed by atoms with van der Waals surface area (Å²) < 4.78 is 18.9. The van der Waals surface area contributed by atoms with Crippen molar-refractivity contribution in [3.8, 4) is 11.5 Å². The molecule has 0 saturated carbocycles. The van der Waals surface area contributed by atoms with Crippen molar-refractivity contribution in [1.29, 1.82) is 0 Å². The standard InChI is InChI=1S/C90H108N12O10/c1-7-11-15-19-23-27-57-31-39-63(40-32-57)87-89(65-43-35-59(36-44-65)29-25-21-17-13-9-3)95(83(107)91-87)49-61(50-96(89)84(108)92-87)62-51-99-79(103)73-67-47-48-68(74(73)80(104)100(99)52-62)76-75(67)81(105)101-55-71-72(56-102(101)82(76)106)78(112-6)70-54-98-86(110)94-88(64-41-33-58(34-42-64)28-24-20-16-12-8-2)90(98,97(85(109)93-88)53-69(70)77(71)111-5)66-45-37-60(38-46-66)30-26-22-18-14-10-4/h31-46,67-68H,7-30,47-56H2,1-6H3,(H,91,107)(H,92,108)(H,93,109)(H,94,110)/t67-,68+,87?,88?,89?,90?. The van der Waals surface area contributed by atoms with E-state index in [0.29, 0.717) is 57.7 Å². The molecule has 4 N–H and O–H groups in total. The Labute approximate surface area is 654 Å². The molecule has 112 heavy (non-hydrogen) atoms. The van der Waals surface area contributed by atoms with Gasteiger partial charge in [-0.3, -0.25) is 38.8 Å². The highest BCUT2D eigenvalue weighted by atomic mass is 16.5. The number of nitrogens with zero attached hydrogens (tertiary/aromatic N) is 8. The molecule has 5 fully saturated rings. The summed E-state index contributed by atoms with van der Waals surface area (Å²) in [5.74, 6) is -0.966. The first kappa shape index (κ1) is 74.6. The number of urea groups is 4. The van der Waals surface area contributed by atoms with Crippen molar-refractivity contribution in [1.82, 2.24) is 59.6 Å². The lowest BCUT2D eigenvalue weighted by atomic mass is 9.65. The molecule has 5 aromatic carbocycles. The zero-order valence-electron chi connectivity index (χ0n) is 66.1. The van der Waals surface area contributed by atoms with Crippen molar-refractivity contribution in [2.45, 2.75) is 268 Å². The van der Waals surface area contributed by atoms with Crippen LogP contribution in [0.2, 0.25) is 0 Å². The highest BCUT2D eigenvalue weighted by molar-refractivity contribution is 5.92. The van der Waals surface area contributed by atoms with Gasteiger partial charge in [-0.2, -0.15) is 0 Å². The molecule has 7 aromatic rings. The molecule has 5 saturated heterocycles. The van der Waals surface area contributed by atoms with Gasteiger partial charge in [0.15, 0.2) is 22.7 Å². The summed E-state index contributed by atoms with van der Waals surface area (Å²) in [6.45, 7) is 8.70. The molecule has 10 heterocycles. The maximum Gasteiger partial charge on any atom is 0.322 e. The second kappa shape index (κ2) is 29.8. The molecule has 588 valence electrons. The average molecular weight is 1520 g/mol. The Morgan fingerprint density at radius 2 is 0.562 bits per heavy atom. The van der Waals surface area contributed by atoms with Gasteiger partial charge in [0.1, 0.15) is 11.5 Å². The Morgan fingerprint density at radius 3 is 0.848 bits per heavy atom. The fourth-order valence-electron chi connectivity index (χ4n) is 21.5. The number of benzene rings is 5. The Kier molecular flexibility index (Phi) is 19.8. The van der Waals surface area contributed by atoms with Crippen LogP contribution >= 0.6 is 0 Å². The van der Waals surface area contributed by atoms with Gasteiger partial charge in [0.2, 0.25) is 0 Å². The van der Waals surface area contributed by atoms with Crippen molar-refractivity contribution in [2.75, 3.05) is 27.3 Å². The van der Waals surface area contributed by atoms with Crippen LogP contribution < -0.4 is 53.0 Å². The average Bonchev–Trinajstić information content (AvgIpc) is 1.55. The second-order valence-corrected chi connectivity index (χ2v) is 33.3. The lowest BCUT2D eigenvalue weighted by Gasteiger charge is -2.50. The number of fused-ring (bicyclic) bond motifs is 5. The number of amides is 8. The number of methoxy groups -OCH3 is 2. The highest BCUT2D eigenvalue weighted by Crippen LogP contribution is 2.60. The van der Waals surface area contributed by atoms with Gasteiger partial charge < -0.3 is 30.7 Å². The lowest BCUT2D eigenvalue weighted by molar-refractivity contribution is -0.0224. The SMILES string of the molecule is CCCCCCCc1ccc(C23NC(=O)N4CC(=C5Cn6c(=O)c7c(c(=O)n6C5)[C@@H]5CC[C@H]7c6c5c(=O)n5n(c6=O)Cc6c(c(OC)c7c(c6OC)CN6C(=O)NC8(c9ccc(CCCCCCC)cc9)NC(=O)N(C7)C68c6ccc(CCCCCCC)cc6)C5)CN(C(=O)N2)C43c2ccc(CCCCCCC)cc2)cc1. The van der Waals surface area contributed by atoms with Gasteiger partial charge in [-0.25, -0.2) is 37.9 Å². The molecule has 4 atom stereocenters. The summed E-state index contributed by atoms with van der Waals surface area (Å²) in [6.07, 6.45) is 27.4. The molecule has 2 unspecified atom stereocenters. The number of hydrogen-bond acceptors (Lipinski definition) is 10. The first-order chi connectivity index (χ1) is 54.5. The molecule has 2 bridgehead atoms. The molecule has 8 amide bonds. The number of aromatic nitrogens is 4. The number of ether oxygens (including phenoxy) is 2. The topological polar surface area (TPSA) is 236 Å². The van der Waals surface area contributed by atoms with E-state index in [2.05, 4.69) is 122 Å². The molecule has 11 aliphatic rings. The van der Waals surface area contributed by atoms with Crippen LogP contribution in [0.3, 0.4) is 0 Å². The van der Waals surface area contributed by atoms with Crippen LogP contribution in [0.1, 0.15) is 270 Å². The number of hydrogen-bond donors (Lipinski definition) is 4. The van der Waals surface area contributed by atoms with Crippen molar-refractivity contribution in [3.05, 3.63) is 239 Å². The quantitative estimate of drug-likeness (QED) is 0.0245. The van der Waals surface area contributed by atoms with Crippen molar-refractivity contribution in [3.63, 3.8) is 0 Å². The van der Waals surface area contributed by atoms with Crippen molar-refractivity contribution >= 4 is 24.1 Å². The van der Waals surface area contributed by atoms with Crippen molar-refractivity contribution in [2.24, 2.45) is 0 Å². The molecule has 18 rings (SSSR count). The zero-order chi connectivity index (χ0) is 77.5. The molecule has 22 nitrogen and oxygen atoms in total. The highest BCUT2D eigenvalue weighted by Gasteiger charge is 2.77. The number of rotatable bonds is 30. The van der Waals surface area contributed by atoms with Crippen molar-refractivity contribution < 1.29 is 28.7 Å². The minimum Gasteiger partial charge on any atom is -0.496 e. The van der Waals surface area contributed by atoms with E-state index in [1.165, 1.54) is 106 Å². The molecule has 3 aliphatic carbocycles. The Hall–Kier alpha value is -10.1. The van der Waals surface area contributed by atoms with E-state index in [4.69, 9.17) is 9.47 Å². The summed E-state index contributed by atoms with van der Waals surface area (Å²) in [5, 5.41) is 13.4. The van der Waals surface area contributed by atoms with Crippen LogP contribution in [0.25, 0.3) is 0 Å². The fraction of sp³-hybridized carbons (Fsp3) is 0.511. The van der Waals surface area contributed by atoms with Gasteiger partial charge in [-0.05, 0) is 97.6 Å². The van der Waals surface area contributed by atoms with Gasteiger partial charge in [-0.1, -0.05) is 227 Å². The predicted molar refractivity (Wildman–Crippen MR) is 429 cm³/mol. The summed E-state index contributed by atoms with van der Waals surface area (Å²) in [7, 11) is 3.11. The number of allylic oxidation sites excluding steroid dienone is 1. The normalized spacial score (nSPS) is 23.1. The van der Waals surface area contributed by atoms with Crippen LogP contribution in [0.15, 0.2) is 127 Å². The largest absolute Gasteiger partial charge is 0.496 e. The second-order valence-electron chi connectivity index (χ2n) is 33.3. The van der Waals surface area contributed by atoms with E-state index < -0.39 is 68.8 Å². The van der Waals surface area contributed by atoms with E-state index in [1.54, 1.807) is 33.8 Å². The zero-order valence-corrected chi connectivity index (χ0v) is 66.1. The predicted octanol–water partition coefficient (Wildman–Crippen LogP) is 14.0. The summed E-state index contributed by atoms with van der Waals surface area (Å²) >= 11 is 0. The van der Waals surface area contributed by atoms with E-state index in [1.807, 2.05) is 24.3 Å². The van der Waals surface area contributed by atoms with Gasteiger partial charge in [0.25, 0.3) is 22.2 Å². The molecular formula is C90H108N12O10. The first-order valence-electron chi connectivity index (χ1n) is 42.0. The third-order valence-electron chi connectivity index (χ3n) is 27.1. The van der Waals surface area contributed by atoms with Crippen LogP contribution in [-0.2, 0) is 87.6 Å². The van der Waals surface area contributed by atoms with Gasteiger partial charge in [0, 0.05) is 91.7 Å². The molecule has 0 spiro atoms. The number of aryl methyl sites for hydroxylation is 4. The molecule has 8 aliphatic heterocycles. The number of carbonyl (C=O) groups excluding carboxylic acids is 4. The smallest absolute Gasteiger partial charge is 0.322 e. The van der Waals surface area contributed by atoms with Crippen LogP contribution in [-0.4, -0.2) is 89.8 Å². The summed E-state index contributed by atoms with van der Waals surface area (Å²) in [4.78, 5) is 131. The minimum atomic E-state index is -1.49. The number of unbranched alkanes of at least 4 members (excludes halogenated alkanes) is 16. The van der Waals surface area contributed by atoms with Crippen LogP contribution in [0, 0.1) is 0 Å². The number of nitrogens with one attached hydrogen (secondary N) is 4. The molecular weight excluding hydrogens is 1410 g/mol. The molecule has 2 aromatic heterocycles. The number of carbonyl (C=O) groups is 4. The third kappa shape index (κ3) is 11.4. The first-order valence-corrected chi connectivity index (χ1v) is 42.0. The Balaban J connectivity index is 0.703. The lowest BCUT2D eigenvalue weighted by Crippen LogP contribution is -2.65. The third-order valence-corrected chi connectivity index (χ3v) is 27.1. The Bertz CT molecular complexity index is 5000. The fourth-order valence-corrected chi connectivity index (χ4v) is 21.5. The molecule has 22 heteroatoms. The van der Waals surface area contributed by atoms with Gasteiger partial charge in [0.05, 0.1) is 53.5 Å². The van der Waals surface area contributed by atoms with Crippen LogP contribution in [0.4, 0.5) is 19.2 Å². The monoisotopic (exact) mass is 1520 g/mol. The van der Waals surface area contributed by atoms with Crippen LogP contribution in [0.5, 0.6) is 11.5 Å². The van der Waals surface area contributed by atoms with E-state index in [9.17, 15) is 0 Å². The Morgan fingerprint density at radius 1 is 0.312 bits per heavy atom. The maximum atomic E-state index is 15.9. The van der Waals surface area contributed by atoms with E-state index in [0.717, 1.165) is 111 Å². The van der Waals surface area contributed by atoms with Gasteiger partial charge in [-0.15, -0.1) is 0 Å². The van der Waals surface area contributed by atoms with Gasteiger partial charge >= 0.3 is 24.1 Å². The minimum absolute atomic E-state index is 0.00692. The maximum absolute atomic E-state index is 15.9. The summed E-state index contributed by atoms with van der Waals surface area (Å²) in [6, 6.07) is 31.8.